The standard InChI is InChI=1S/C15H16N2O5S.Na.H/c1-6(18)10-9-5-8(11(15(21)22)17(9)14(10)20)12-7(3-4-23-12)13(19)16-2;;/h3-4,6,9-10,18H,5H2,1-2H3,(H,16,19)(H,21,22);;/q;+1;-1/t6-,9-,10-;;/m1../s1. The summed E-state index contributed by atoms with van der Waals surface area (Å²) in [6.45, 7) is 1.53. The van der Waals surface area contributed by atoms with Crippen molar-refractivity contribution in [3.63, 3.8) is 0 Å². The molecule has 124 valence electrons. The predicted octanol–water partition coefficient (Wildman–Crippen LogP) is -2.37. The molecule has 2 amide bonds. The fraction of sp³-hybridized carbons (Fsp3) is 0.400. The summed E-state index contributed by atoms with van der Waals surface area (Å²) in [5.74, 6) is -2.47. The van der Waals surface area contributed by atoms with Crippen LogP contribution in [0, 0.1) is 5.92 Å². The van der Waals surface area contributed by atoms with Crippen LogP contribution in [0.3, 0.4) is 0 Å². The topological polar surface area (TPSA) is 107 Å². The Kier molecular flexibility index (Phi) is 5.56. The van der Waals surface area contributed by atoms with Crippen LogP contribution >= 0.6 is 11.3 Å². The molecule has 3 atom stereocenters. The molecule has 0 unspecified atom stereocenters. The second-order valence-electron chi connectivity index (χ2n) is 5.62. The van der Waals surface area contributed by atoms with Crippen LogP contribution in [0.1, 0.15) is 30.0 Å². The number of aliphatic hydroxyl groups is 1. The Labute approximate surface area is 166 Å². The van der Waals surface area contributed by atoms with E-state index < -0.39 is 18.0 Å². The van der Waals surface area contributed by atoms with Crippen molar-refractivity contribution in [2.45, 2.75) is 25.5 Å². The van der Waals surface area contributed by atoms with Gasteiger partial charge in [-0.25, -0.2) is 4.79 Å². The van der Waals surface area contributed by atoms with Crippen molar-refractivity contribution in [3.05, 3.63) is 27.6 Å². The van der Waals surface area contributed by atoms with Gasteiger partial charge in [-0.05, 0) is 24.8 Å². The number of carboxylic acid groups (broad SMARTS) is 1. The normalized spacial score (nSPS) is 23.3. The molecule has 0 radical (unpaired) electrons. The van der Waals surface area contributed by atoms with Crippen molar-refractivity contribution < 1.29 is 55.6 Å². The molecule has 3 heterocycles. The first-order valence-corrected chi connectivity index (χ1v) is 8.04. The molecule has 24 heavy (non-hydrogen) atoms. The van der Waals surface area contributed by atoms with Gasteiger partial charge in [-0.3, -0.25) is 9.59 Å². The molecule has 0 bridgehead atoms. The maximum atomic E-state index is 12.2. The largest absolute Gasteiger partial charge is 1.00 e. The van der Waals surface area contributed by atoms with Crippen LogP contribution in [0.25, 0.3) is 5.57 Å². The minimum atomic E-state index is -1.20. The van der Waals surface area contributed by atoms with E-state index in [1.165, 1.54) is 30.2 Å². The summed E-state index contributed by atoms with van der Waals surface area (Å²) in [6, 6.07) is 1.28. The van der Waals surface area contributed by atoms with E-state index in [1.54, 1.807) is 11.4 Å². The van der Waals surface area contributed by atoms with Crippen molar-refractivity contribution in [1.82, 2.24) is 10.2 Å². The number of aliphatic carboxylic acids is 1. The Balaban J connectivity index is 0.00000156. The minimum absolute atomic E-state index is 0. The molecule has 0 spiro atoms. The van der Waals surface area contributed by atoms with Crippen LogP contribution in [0.15, 0.2) is 17.1 Å². The zero-order chi connectivity index (χ0) is 16.9. The molecular formula is C15H17N2NaO5S. The van der Waals surface area contributed by atoms with Crippen LogP contribution in [-0.2, 0) is 9.59 Å². The molecule has 1 aromatic heterocycles. The van der Waals surface area contributed by atoms with Crippen LogP contribution in [-0.4, -0.2) is 52.1 Å². The van der Waals surface area contributed by atoms with Gasteiger partial charge < -0.3 is 21.9 Å². The molecule has 7 nitrogen and oxygen atoms in total. The van der Waals surface area contributed by atoms with Gasteiger partial charge in [-0.2, -0.15) is 0 Å². The van der Waals surface area contributed by atoms with Gasteiger partial charge in [0.2, 0.25) is 5.91 Å². The maximum absolute atomic E-state index is 12.2. The van der Waals surface area contributed by atoms with Gasteiger partial charge in [0.25, 0.3) is 5.91 Å². The molecule has 9 heteroatoms. The van der Waals surface area contributed by atoms with E-state index in [-0.39, 0.29) is 54.5 Å². The summed E-state index contributed by atoms with van der Waals surface area (Å²) < 4.78 is 0. The number of fused-ring (bicyclic) bond motifs is 1. The summed E-state index contributed by atoms with van der Waals surface area (Å²) in [5, 5.41) is 23.5. The van der Waals surface area contributed by atoms with Crippen molar-refractivity contribution >= 4 is 34.7 Å². The summed E-state index contributed by atoms with van der Waals surface area (Å²) >= 11 is 1.27. The summed E-state index contributed by atoms with van der Waals surface area (Å²) in [7, 11) is 1.51. The average Bonchev–Trinajstić information content (AvgIpc) is 3.07. The van der Waals surface area contributed by atoms with Crippen LogP contribution in [0.2, 0.25) is 0 Å². The van der Waals surface area contributed by atoms with E-state index in [1.807, 2.05) is 0 Å². The summed E-state index contributed by atoms with van der Waals surface area (Å²) in [6.07, 6.45) is -0.507. The van der Waals surface area contributed by atoms with E-state index in [2.05, 4.69) is 5.32 Å². The molecular weight excluding hydrogens is 343 g/mol. The van der Waals surface area contributed by atoms with Crippen molar-refractivity contribution in [2.75, 3.05) is 7.05 Å². The SMILES string of the molecule is CNC(=O)c1ccsc1C1=C(C(=O)O)N2C(=O)[C@H]([C@@H](C)O)[C@H]2C1.[H-].[Na+]. The fourth-order valence-corrected chi connectivity index (χ4v) is 4.28. The Morgan fingerprint density at radius 3 is 2.71 bits per heavy atom. The number of carbonyl (C=O) groups is 3. The molecule has 1 saturated heterocycles. The minimum Gasteiger partial charge on any atom is -1.00 e. The number of rotatable bonds is 4. The number of amides is 2. The number of carbonyl (C=O) groups excluding carboxylic acids is 2. The van der Waals surface area contributed by atoms with E-state index >= 15 is 0 Å². The number of nitrogens with zero attached hydrogens (tertiary/aromatic N) is 1. The van der Waals surface area contributed by atoms with Gasteiger partial charge in [-0.1, -0.05) is 0 Å². The number of nitrogens with one attached hydrogen (secondary N) is 1. The Bertz CT molecular complexity index is 748. The zero-order valence-electron chi connectivity index (χ0n) is 14.6. The molecule has 1 aromatic rings. The second kappa shape index (κ2) is 6.97. The third-order valence-corrected chi connectivity index (χ3v) is 5.32. The number of carboxylic acids is 1. The van der Waals surface area contributed by atoms with E-state index in [9.17, 15) is 24.6 Å². The van der Waals surface area contributed by atoms with Gasteiger partial charge in [0.1, 0.15) is 5.70 Å². The molecule has 3 N–H and O–H groups in total. The first-order valence-electron chi connectivity index (χ1n) is 7.16. The predicted molar refractivity (Wildman–Crippen MR) is 83.8 cm³/mol. The number of β-lactam (4-membered cyclic amide) rings is 1. The maximum Gasteiger partial charge on any atom is 1.00 e. The van der Waals surface area contributed by atoms with E-state index in [0.717, 1.165) is 0 Å². The molecule has 0 aromatic carbocycles. The Hall–Kier alpha value is -1.19. The number of aliphatic hydroxyl groups excluding tert-OH is 1. The molecule has 3 rings (SSSR count). The Morgan fingerprint density at radius 2 is 2.17 bits per heavy atom. The second-order valence-corrected chi connectivity index (χ2v) is 6.54. The quantitative estimate of drug-likeness (QED) is 0.411. The van der Waals surface area contributed by atoms with E-state index in [4.69, 9.17) is 0 Å². The smallest absolute Gasteiger partial charge is 1.00 e. The average molecular weight is 360 g/mol. The molecule has 0 aliphatic carbocycles. The zero-order valence-corrected chi connectivity index (χ0v) is 16.4. The molecule has 1 fully saturated rings. The van der Waals surface area contributed by atoms with Gasteiger partial charge in [-0.15, -0.1) is 11.3 Å². The van der Waals surface area contributed by atoms with Crippen LogP contribution < -0.4 is 34.9 Å². The van der Waals surface area contributed by atoms with Gasteiger partial charge >= 0.3 is 35.5 Å². The summed E-state index contributed by atoms with van der Waals surface area (Å²) in [4.78, 5) is 37.6. The molecule has 2 aliphatic heterocycles. The van der Waals surface area contributed by atoms with Gasteiger partial charge in [0.05, 0.1) is 23.6 Å². The summed E-state index contributed by atoms with van der Waals surface area (Å²) in [5.41, 5.74) is 0.798. The van der Waals surface area contributed by atoms with Gasteiger partial charge in [0, 0.05) is 17.5 Å². The van der Waals surface area contributed by atoms with Crippen molar-refractivity contribution in [2.24, 2.45) is 5.92 Å². The molecule has 2 aliphatic rings. The molecule has 0 saturated carbocycles. The monoisotopic (exact) mass is 360 g/mol. The van der Waals surface area contributed by atoms with Gasteiger partial charge in [0.15, 0.2) is 0 Å². The number of hydrogen-bond acceptors (Lipinski definition) is 5. The van der Waals surface area contributed by atoms with Crippen molar-refractivity contribution in [3.8, 4) is 0 Å². The van der Waals surface area contributed by atoms with Crippen LogP contribution in [0.5, 0.6) is 0 Å². The number of thiophene rings is 1. The first-order chi connectivity index (χ1) is 10.9. The van der Waals surface area contributed by atoms with Crippen molar-refractivity contribution in [1.29, 1.82) is 0 Å². The first kappa shape index (κ1) is 19.1. The van der Waals surface area contributed by atoms with Crippen LogP contribution in [0.4, 0.5) is 0 Å². The van der Waals surface area contributed by atoms with E-state index in [0.29, 0.717) is 22.4 Å². The fourth-order valence-electron chi connectivity index (χ4n) is 3.33. The number of hydrogen-bond donors (Lipinski definition) is 3. The third-order valence-electron chi connectivity index (χ3n) is 4.34. The Morgan fingerprint density at radius 1 is 1.50 bits per heavy atom. The third kappa shape index (κ3) is 2.72.